The third-order valence-electron chi connectivity index (χ3n) is 3.94. The lowest BCUT2D eigenvalue weighted by molar-refractivity contribution is -0.129. The number of hydrazine groups is 1. The molecule has 0 heterocycles. The van der Waals surface area contributed by atoms with Crippen molar-refractivity contribution in [2.45, 2.75) is 25.2 Å². The van der Waals surface area contributed by atoms with Crippen LogP contribution in [0.25, 0.3) is 0 Å². The summed E-state index contributed by atoms with van der Waals surface area (Å²) in [4.78, 5) is 23.5. The average molecular weight is 440 g/mol. The monoisotopic (exact) mass is 439 g/mol. The molecular weight excluding hydrogens is 418 g/mol. The molecule has 0 fully saturated rings. The molecule has 29 heavy (non-hydrogen) atoms. The standard InChI is InChI=1S/C19H22ClN3O5S/c1-13-6-7-16(10-14(13)2)28-12-19(25)23-22-18(24)8-9-21-29(26,27)17-5-3-4-15(20)11-17/h3-7,10-11,21H,8-9,12H2,1-2H3,(H,22,24)(H,23,25). The summed E-state index contributed by atoms with van der Waals surface area (Å²) in [6.07, 6.45) is -0.169. The Morgan fingerprint density at radius 2 is 1.72 bits per heavy atom. The fourth-order valence-electron chi connectivity index (χ4n) is 2.21. The smallest absolute Gasteiger partial charge is 0.276 e. The Bertz CT molecular complexity index is 995. The van der Waals surface area contributed by atoms with Crippen molar-refractivity contribution in [1.82, 2.24) is 15.6 Å². The fraction of sp³-hybridized carbons (Fsp3) is 0.263. The maximum atomic E-state index is 12.1. The van der Waals surface area contributed by atoms with Crippen LogP contribution in [-0.2, 0) is 19.6 Å². The minimum absolute atomic E-state index is 0.00204. The maximum Gasteiger partial charge on any atom is 0.276 e. The van der Waals surface area contributed by atoms with Crippen LogP contribution in [0, 0.1) is 13.8 Å². The molecule has 0 aliphatic rings. The fourth-order valence-corrected chi connectivity index (χ4v) is 3.54. The summed E-state index contributed by atoms with van der Waals surface area (Å²) in [5, 5.41) is 0.288. The van der Waals surface area contributed by atoms with Gasteiger partial charge in [0.15, 0.2) is 6.61 Å². The van der Waals surface area contributed by atoms with Gasteiger partial charge in [-0.1, -0.05) is 23.7 Å². The lowest BCUT2D eigenvalue weighted by Gasteiger charge is -2.10. The first-order valence-electron chi connectivity index (χ1n) is 8.70. The molecule has 2 aromatic rings. The Morgan fingerprint density at radius 1 is 1.00 bits per heavy atom. The van der Waals surface area contributed by atoms with E-state index in [-0.39, 0.29) is 29.5 Å². The molecule has 8 nitrogen and oxygen atoms in total. The zero-order valence-electron chi connectivity index (χ0n) is 16.0. The lowest BCUT2D eigenvalue weighted by Crippen LogP contribution is -2.44. The van der Waals surface area contributed by atoms with E-state index in [1.165, 1.54) is 18.2 Å². The Labute approximate surface area is 174 Å². The number of hydrogen-bond donors (Lipinski definition) is 3. The molecule has 0 aliphatic heterocycles. The second kappa shape index (κ2) is 10.2. The lowest BCUT2D eigenvalue weighted by atomic mass is 10.1. The molecule has 10 heteroatoms. The summed E-state index contributed by atoms with van der Waals surface area (Å²) in [5.74, 6) is -0.556. The molecule has 2 rings (SSSR count). The molecule has 0 spiro atoms. The van der Waals surface area contributed by atoms with Crippen molar-refractivity contribution in [1.29, 1.82) is 0 Å². The van der Waals surface area contributed by atoms with Gasteiger partial charge in [0.25, 0.3) is 5.91 Å². The van der Waals surface area contributed by atoms with Gasteiger partial charge in [-0.05, 0) is 55.3 Å². The minimum atomic E-state index is -3.78. The number of benzene rings is 2. The molecule has 3 N–H and O–H groups in total. The highest BCUT2D eigenvalue weighted by molar-refractivity contribution is 7.89. The molecule has 0 saturated heterocycles. The van der Waals surface area contributed by atoms with Crippen molar-refractivity contribution in [2.24, 2.45) is 0 Å². The van der Waals surface area contributed by atoms with E-state index in [0.29, 0.717) is 5.75 Å². The van der Waals surface area contributed by atoms with Crippen LogP contribution in [-0.4, -0.2) is 33.4 Å². The largest absolute Gasteiger partial charge is 0.484 e. The van der Waals surface area contributed by atoms with Crippen LogP contribution in [0.5, 0.6) is 5.75 Å². The highest BCUT2D eigenvalue weighted by Crippen LogP contribution is 2.16. The third-order valence-corrected chi connectivity index (χ3v) is 5.63. The Hall–Kier alpha value is -2.62. The predicted octanol–water partition coefficient (Wildman–Crippen LogP) is 1.85. The van der Waals surface area contributed by atoms with Gasteiger partial charge in [-0.2, -0.15) is 0 Å². The maximum absolute atomic E-state index is 12.1. The summed E-state index contributed by atoms with van der Waals surface area (Å²) < 4.78 is 31.9. The quantitative estimate of drug-likeness (QED) is 0.543. The van der Waals surface area contributed by atoms with E-state index in [1.807, 2.05) is 26.0 Å². The zero-order valence-corrected chi connectivity index (χ0v) is 17.6. The summed E-state index contributed by atoms with van der Waals surface area (Å²) in [6.45, 7) is 3.49. The van der Waals surface area contributed by atoms with Crippen LogP contribution in [0.2, 0.25) is 5.02 Å². The molecule has 156 valence electrons. The van der Waals surface area contributed by atoms with Crippen LogP contribution in [0.3, 0.4) is 0 Å². The number of rotatable bonds is 8. The molecule has 0 radical (unpaired) electrons. The second-order valence-corrected chi connectivity index (χ2v) is 8.44. The van der Waals surface area contributed by atoms with Gasteiger partial charge in [0.05, 0.1) is 4.90 Å². The normalized spacial score (nSPS) is 11.0. The first kappa shape index (κ1) is 22.7. The van der Waals surface area contributed by atoms with Crippen LogP contribution in [0.1, 0.15) is 17.5 Å². The molecule has 0 saturated carbocycles. The van der Waals surface area contributed by atoms with Crippen LogP contribution >= 0.6 is 11.6 Å². The van der Waals surface area contributed by atoms with E-state index < -0.39 is 21.8 Å². The van der Waals surface area contributed by atoms with Crippen LogP contribution < -0.4 is 20.3 Å². The van der Waals surface area contributed by atoms with Gasteiger partial charge in [-0.25, -0.2) is 13.1 Å². The highest BCUT2D eigenvalue weighted by Gasteiger charge is 2.14. The summed E-state index contributed by atoms with van der Waals surface area (Å²) in [7, 11) is -3.78. The SMILES string of the molecule is Cc1ccc(OCC(=O)NNC(=O)CCNS(=O)(=O)c2cccc(Cl)c2)cc1C. The molecule has 0 unspecified atom stereocenters. The molecule has 2 amide bonds. The summed E-state index contributed by atoms with van der Waals surface area (Å²) in [6, 6.07) is 11.2. The number of aryl methyl sites for hydroxylation is 2. The van der Waals surface area contributed by atoms with Crippen molar-refractivity contribution in [3.8, 4) is 5.75 Å². The van der Waals surface area contributed by atoms with Crippen molar-refractivity contribution in [3.05, 3.63) is 58.6 Å². The first-order valence-corrected chi connectivity index (χ1v) is 10.6. The molecule has 0 bridgehead atoms. The van der Waals surface area contributed by atoms with Crippen molar-refractivity contribution in [2.75, 3.05) is 13.2 Å². The number of hydrogen-bond acceptors (Lipinski definition) is 5. The van der Waals surface area contributed by atoms with Gasteiger partial charge < -0.3 is 4.74 Å². The van der Waals surface area contributed by atoms with E-state index in [1.54, 1.807) is 12.1 Å². The zero-order chi connectivity index (χ0) is 21.4. The Morgan fingerprint density at radius 3 is 2.41 bits per heavy atom. The van der Waals surface area contributed by atoms with Crippen LogP contribution in [0.15, 0.2) is 47.4 Å². The first-order chi connectivity index (χ1) is 13.7. The number of nitrogens with one attached hydrogen (secondary N) is 3. The number of amides is 2. The Kier molecular flexibility index (Phi) is 8.00. The third kappa shape index (κ3) is 7.37. The number of halogens is 1. The van der Waals surface area contributed by atoms with Gasteiger partial charge in [0, 0.05) is 18.0 Å². The van der Waals surface area contributed by atoms with E-state index >= 15 is 0 Å². The molecule has 0 aromatic heterocycles. The highest BCUT2D eigenvalue weighted by atomic mass is 35.5. The molecule has 0 atom stereocenters. The van der Waals surface area contributed by atoms with Gasteiger partial charge in [0.1, 0.15) is 5.75 Å². The van der Waals surface area contributed by atoms with Gasteiger partial charge >= 0.3 is 0 Å². The minimum Gasteiger partial charge on any atom is -0.484 e. The number of carbonyl (C=O) groups excluding carboxylic acids is 2. The molecule has 0 aliphatic carbocycles. The Balaban J connectivity index is 1.69. The van der Waals surface area contributed by atoms with Crippen molar-refractivity contribution in [3.63, 3.8) is 0 Å². The van der Waals surface area contributed by atoms with E-state index in [0.717, 1.165) is 11.1 Å². The van der Waals surface area contributed by atoms with Gasteiger partial charge in [0.2, 0.25) is 15.9 Å². The van der Waals surface area contributed by atoms with Crippen molar-refractivity contribution >= 4 is 33.4 Å². The summed E-state index contributed by atoms with van der Waals surface area (Å²) in [5.41, 5.74) is 6.56. The van der Waals surface area contributed by atoms with Gasteiger partial charge in [-0.3, -0.25) is 20.4 Å². The van der Waals surface area contributed by atoms with Gasteiger partial charge in [-0.15, -0.1) is 0 Å². The number of ether oxygens (including phenoxy) is 1. The number of carbonyl (C=O) groups is 2. The van der Waals surface area contributed by atoms with E-state index in [2.05, 4.69) is 15.6 Å². The molecule has 2 aromatic carbocycles. The molecular formula is C19H22ClN3O5S. The van der Waals surface area contributed by atoms with Crippen molar-refractivity contribution < 1.29 is 22.7 Å². The van der Waals surface area contributed by atoms with Crippen LogP contribution in [0.4, 0.5) is 0 Å². The second-order valence-electron chi connectivity index (χ2n) is 6.24. The topological polar surface area (TPSA) is 114 Å². The predicted molar refractivity (Wildman–Crippen MR) is 109 cm³/mol. The summed E-state index contributed by atoms with van der Waals surface area (Å²) >= 11 is 5.78. The van der Waals surface area contributed by atoms with E-state index in [4.69, 9.17) is 16.3 Å². The average Bonchev–Trinajstić information content (AvgIpc) is 2.67. The van der Waals surface area contributed by atoms with E-state index in [9.17, 15) is 18.0 Å². The number of sulfonamides is 1.